The van der Waals surface area contributed by atoms with Crippen molar-refractivity contribution in [3.8, 4) is 11.8 Å². The number of nitrogens with two attached hydrogens (primary N) is 1. The monoisotopic (exact) mass is 521 g/mol. The lowest BCUT2D eigenvalue weighted by Gasteiger charge is -2.36. The van der Waals surface area contributed by atoms with E-state index in [0.29, 0.717) is 17.0 Å². The Morgan fingerprint density at radius 3 is 2.26 bits per heavy atom. The predicted molar refractivity (Wildman–Crippen MR) is 144 cm³/mol. The minimum atomic E-state index is -0.918. The third-order valence-corrected chi connectivity index (χ3v) is 7.06. The second-order valence-corrected chi connectivity index (χ2v) is 9.17. The van der Waals surface area contributed by atoms with Gasteiger partial charge in [0.15, 0.2) is 0 Å². The van der Waals surface area contributed by atoms with E-state index in [1.807, 2.05) is 18.2 Å². The van der Waals surface area contributed by atoms with Crippen LogP contribution in [-0.4, -0.2) is 26.2 Å². The van der Waals surface area contributed by atoms with Gasteiger partial charge in [-0.05, 0) is 53.8 Å². The molecule has 39 heavy (non-hydrogen) atoms. The molecule has 5 rings (SSSR count). The first kappa shape index (κ1) is 25.6. The Hall–Kier alpha value is -5.03. The van der Waals surface area contributed by atoms with E-state index >= 15 is 0 Å². The Morgan fingerprint density at radius 2 is 1.59 bits per heavy atom. The number of benzene rings is 3. The molecule has 1 aliphatic heterocycles. The van der Waals surface area contributed by atoms with Crippen molar-refractivity contribution in [2.24, 2.45) is 5.73 Å². The van der Waals surface area contributed by atoms with Gasteiger partial charge in [-0.2, -0.15) is 5.26 Å². The highest BCUT2D eigenvalue weighted by Crippen LogP contribution is 2.43. The van der Waals surface area contributed by atoms with E-state index in [1.54, 1.807) is 48.5 Å². The Kier molecular flexibility index (Phi) is 7.06. The summed E-state index contributed by atoms with van der Waals surface area (Å²) in [7, 11) is 2.44. The van der Waals surface area contributed by atoms with Gasteiger partial charge in [-0.15, -0.1) is 0 Å². The number of aryl methyl sites for hydroxylation is 1. The van der Waals surface area contributed by atoms with Gasteiger partial charge in [0.2, 0.25) is 0 Å². The number of methoxy groups -OCH3 is 2. The van der Waals surface area contributed by atoms with Gasteiger partial charge >= 0.3 is 11.9 Å². The van der Waals surface area contributed by atoms with Crippen molar-refractivity contribution in [1.29, 1.82) is 5.26 Å². The zero-order chi connectivity index (χ0) is 27.5. The fourth-order valence-electron chi connectivity index (χ4n) is 5.26. The van der Waals surface area contributed by atoms with E-state index in [4.69, 9.17) is 19.9 Å². The van der Waals surface area contributed by atoms with Crippen LogP contribution in [0.1, 0.15) is 35.1 Å². The Morgan fingerprint density at radius 1 is 0.923 bits per heavy atom. The molecular weight excluding hydrogens is 494 g/mol. The largest absolute Gasteiger partial charge is 0.486 e. The maximum atomic E-state index is 13.2. The van der Waals surface area contributed by atoms with Crippen LogP contribution in [0.15, 0.2) is 102 Å². The first-order valence-electron chi connectivity index (χ1n) is 12.5. The van der Waals surface area contributed by atoms with Crippen LogP contribution in [0.2, 0.25) is 0 Å². The molecule has 0 aromatic heterocycles. The summed E-state index contributed by atoms with van der Waals surface area (Å²) >= 11 is 0. The molecule has 3 aromatic rings. The number of hydrogen-bond donors (Lipinski definition) is 1. The van der Waals surface area contributed by atoms with Gasteiger partial charge in [0.1, 0.15) is 23.4 Å². The van der Waals surface area contributed by atoms with Crippen LogP contribution >= 0.6 is 0 Å². The van der Waals surface area contributed by atoms with Crippen LogP contribution in [0.4, 0.5) is 5.69 Å². The second kappa shape index (κ2) is 10.8. The minimum absolute atomic E-state index is 0.0118. The van der Waals surface area contributed by atoms with Crippen molar-refractivity contribution in [2.75, 3.05) is 19.1 Å². The van der Waals surface area contributed by atoms with Crippen LogP contribution < -0.4 is 15.4 Å². The van der Waals surface area contributed by atoms with E-state index in [1.165, 1.54) is 30.2 Å². The molecule has 8 nitrogen and oxygen atoms in total. The highest BCUT2D eigenvalue weighted by atomic mass is 16.5. The van der Waals surface area contributed by atoms with E-state index in [9.17, 15) is 14.9 Å². The fourth-order valence-corrected chi connectivity index (χ4v) is 5.26. The van der Waals surface area contributed by atoms with Gasteiger partial charge in [0.05, 0.1) is 37.4 Å². The Balaban J connectivity index is 1.58. The van der Waals surface area contributed by atoms with Crippen molar-refractivity contribution in [1.82, 2.24) is 0 Å². The average Bonchev–Trinajstić information content (AvgIpc) is 3.39. The van der Waals surface area contributed by atoms with E-state index in [2.05, 4.69) is 18.2 Å². The number of allylic oxidation sites excluding steroid dienone is 1. The molecule has 0 bridgehead atoms. The number of carbonyl (C=O) groups is 2. The maximum Gasteiger partial charge on any atom is 0.355 e. The van der Waals surface area contributed by atoms with Gasteiger partial charge in [0, 0.05) is 5.69 Å². The molecule has 0 spiro atoms. The molecule has 0 saturated heterocycles. The molecule has 1 heterocycles. The number of esters is 2. The van der Waals surface area contributed by atoms with Crippen LogP contribution in [0.25, 0.3) is 0 Å². The van der Waals surface area contributed by atoms with Crippen LogP contribution in [0.5, 0.6) is 5.75 Å². The maximum absolute atomic E-state index is 13.2. The molecule has 2 atom stereocenters. The molecule has 1 aliphatic carbocycles. The highest BCUT2D eigenvalue weighted by Gasteiger charge is 2.43. The molecule has 8 heteroatoms. The summed E-state index contributed by atoms with van der Waals surface area (Å²) in [5.74, 6) is -1.83. The third kappa shape index (κ3) is 4.59. The zero-order valence-electron chi connectivity index (χ0n) is 21.6. The van der Waals surface area contributed by atoms with Gasteiger partial charge in [-0.25, -0.2) is 9.59 Å². The quantitative estimate of drug-likeness (QED) is 0.466. The molecule has 0 saturated carbocycles. The average molecular weight is 522 g/mol. The predicted octanol–water partition coefficient (Wildman–Crippen LogP) is 4.65. The fraction of sp³-hybridized carbons (Fsp3) is 0.194. The van der Waals surface area contributed by atoms with Crippen LogP contribution in [0.3, 0.4) is 0 Å². The lowest BCUT2D eigenvalue weighted by Crippen LogP contribution is -2.40. The van der Waals surface area contributed by atoms with Crippen molar-refractivity contribution >= 4 is 17.6 Å². The number of nitrogens with zero attached hydrogens (tertiary/aromatic N) is 2. The standard InChI is InChI=1S/C31H27N3O5/c1-37-30(35)27-26(20-9-4-3-5-10-20)24(18-32)29(33)34(28(27)31(36)38-2)21-13-15-22(16-14-21)39-25-17-12-19-8-6-7-11-23(19)25/h3-11,13-16,25-26H,12,17,33H2,1-2H3. The van der Waals surface area contributed by atoms with E-state index < -0.39 is 17.9 Å². The van der Waals surface area contributed by atoms with Gasteiger partial charge in [-0.3, -0.25) is 4.90 Å². The second-order valence-electron chi connectivity index (χ2n) is 9.17. The first-order valence-corrected chi connectivity index (χ1v) is 12.5. The van der Waals surface area contributed by atoms with Crippen molar-refractivity contribution < 1.29 is 23.8 Å². The molecular formula is C31H27N3O5. The summed E-state index contributed by atoms with van der Waals surface area (Å²) < 4.78 is 16.4. The molecule has 0 amide bonds. The smallest absolute Gasteiger partial charge is 0.355 e. The lowest BCUT2D eigenvalue weighted by atomic mass is 9.81. The summed E-state index contributed by atoms with van der Waals surface area (Å²) in [6.07, 6.45) is 1.78. The summed E-state index contributed by atoms with van der Waals surface area (Å²) in [5.41, 5.74) is 10.0. The number of carbonyl (C=O) groups excluding carboxylic acids is 2. The normalized spacial score (nSPS) is 18.3. The molecule has 0 fully saturated rings. The number of rotatable bonds is 6. The topological polar surface area (TPSA) is 115 Å². The van der Waals surface area contributed by atoms with Gasteiger partial charge < -0.3 is 19.9 Å². The van der Waals surface area contributed by atoms with Gasteiger partial charge in [0.25, 0.3) is 0 Å². The van der Waals surface area contributed by atoms with E-state index in [-0.39, 0.29) is 28.8 Å². The molecule has 2 unspecified atom stereocenters. The van der Waals surface area contributed by atoms with Crippen molar-refractivity contribution in [3.63, 3.8) is 0 Å². The minimum Gasteiger partial charge on any atom is -0.486 e. The molecule has 2 aliphatic rings. The van der Waals surface area contributed by atoms with E-state index in [0.717, 1.165) is 12.8 Å². The van der Waals surface area contributed by atoms with Crippen LogP contribution in [0, 0.1) is 11.3 Å². The number of hydrogen-bond acceptors (Lipinski definition) is 8. The molecule has 2 N–H and O–H groups in total. The summed E-state index contributed by atoms with van der Waals surface area (Å²) in [5, 5.41) is 10.2. The van der Waals surface area contributed by atoms with Crippen LogP contribution in [-0.2, 0) is 25.5 Å². The van der Waals surface area contributed by atoms with Crippen molar-refractivity contribution in [2.45, 2.75) is 24.9 Å². The summed E-state index contributed by atoms with van der Waals surface area (Å²) in [6.45, 7) is 0. The SMILES string of the molecule is COC(=O)C1=C(C(=O)OC)N(c2ccc(OC3CCc4ccccc43)cc2)C(N)=C(C#N)C1c1ccccc1. The summed E-state index contributed by atoms with van der Waals surface area (Å²) in [6, 6.07) is 26.2. The summed E-state index contributed by atoms with van der Waals surface area (Å²) in [4.78, 5) is 27.7. The lowest BCUT2D eigenvalue weighted by molar-refractivity contribution is -0.139. The Labute approximate surface area is 226 Å². The molecule has 3 aromatic carbocycles. The molecule has 196 valence electrons. The number of ether oxygens (including phenoxy) is 3. The highest BCUT2D eigenvalue weighted by molar-refractivity contribution is 6.06. The van der Waals surface area contributed by atoms with Gasteiger partial charge in [-0.1, -0.05) is 54.6 Å². The van der Waals surface area contributed by atoms with Crippen molar-refractivity contribution in [3.05, 3.63) is 118 Å². The number of anilines is 1. The number of fused-ring (bicyclic) bond motifs is 1. The zero-order valence-corrected chi connectivity index (χ0v) is 21.6. The first-order chi connectivity index (χ1) is 19.0. The third-order valence-electron chi connectivity index (χ3n) is 7.06. The number of nitriles is 1. The Bertz CT molecular complexity index is 1520. The molecule has 0 radical (unpaired) electrons.